The number of amides is 1. The minimum absolute atomic E-state index is 0.765. The van der Waals surface area contributed by atoms with E-state index in [1.807, 2.05) is 0 Å². The summed E-state index contributed by atoms with van der Waals surface area (Å²) in [5.41, 5.74) is 0. The molecule has 53 heavy (non-hydrogen) atoms. The van der Waals surface area contributed by atoms with Crippen LogP contribution in [0.3, 0.4) is 0 Å². The standard InChI is InChI=1S/C29H49NO23/c1-7-14(37)23(53-29(28(45)46)3-9(35)13(30-8(2)34)22(52-29)15(38)10(36)4-31)20(43)27(47-7)51-24-19(42)25(44)48-12(6-33)21(24)50-26-18(41)17(40)16(39)11(5-32)49-26/h7,9-27,31-33,35-44H,3-6H2,1-2H3,(H,30,34)(H,45,46)/t7-,9-,10+,11+,12+,13+,14+,15+,16-,17-,18+,19-,20-,21+,22+,23+,24+,25?,26-,27-,29-/m0/s1. The number of rotatable bonds is 13. The molecule has 21 atom stereocenters. The molecule has 4 aliphatic rings. The highest BCUT2D eigenvalue weighted by Crippen LogP contribution is 2.39. The van der Waals surface area contributed by atoms with E-state index >= 15 is 0 Å². The molecule has 24 nitrogen and oxygen atoms in total. The van der Waals surface area contributed by atoms with Crippen LogP contribution in [0.1, 0.15) is 20.3 Å². The lowest BCUT2D eigenvalue weighted by Gasteiger charge is -2.51. The Hall–Kier alpha value is -1.86. The zero-order chi connectivity index (χ0) is 39.7. The van der Waals surface area contributed by atoms with Crippen molar-refractivity contribution >= 4 is 11.9 Å². The molecule has 4 rings (SSSR count). The number of nitrogens with one attached hydrogen (secondary N) is 1. The van der Waals surface area contributed by atoms with Crippen LogP contribution in [0.4, 0.5) is 0 Å². The molecular formula is C29H49NO23. The van der Waals surface area contributed by atoms with E-state index in [9.17, 15) is 81.1 Å². The number of hydrogen-bond acceptors (Lipinski definition) is 22. The van der Waals surface area contributed by atoms with Crippen molar-refractivity contribution < 1.29 is 114 Å². The van der Waals surface area contributed by atoms with E-state index in [2.05, 4.69) is 5.32 Å². The van der Waals surface area contributed by atoms with Crippen LogP contribution in [-0.2, 0) is 42.7 Å². The molecule has 24 heteroatoms. The molecule has 1 amide bonds. The quantitative estimate of drug-likeness (QED) is 0.0825. The highest BCUT2D eigenvalue weighted by atomic mass is 16.8. The van der Waals surface area contributed by atoms with Crippen LogP contribution >= 0.6 is 0 Å². The topological polar surface area (TPSA) is 394 Å². The molecule has 4 saturated heterocycles. The molecule has 0 bridgehead atoms. The molecule has 308 valence electrons. The Morgan fingerprint density at radius 3 is 1.94 bits per heavy atom. The third-order valence-electron chi connectivity index (χ3n) is 9.54. The van der Waals surface area contributed by atoms with Crippen LogP contribution in [-0.4, -0.2) is 232 Å². The first-order chi connectivity index (χ1) is 24.8. The summed E-state index contributed by atoms with van der Waals surface area (Å²) in [5, 5.41) is 148. The zero-order valence-corrected chi connectivity index (χ0v) is 28.3. The summed E-state index contributed by atoms with van der Waals surface area (Å²) < 4.78 is 38.8. The van der Waals surface area contributed by atoms with E-state index in [0.29, 0.717) is 0 Å². The number of aliphatic hydroxyl groups excluding tert-OH is 13. The first-order valence-corrected chi connectivity index (χ1v) is 16.6. The van der Waals surface area contributed by atoms with E-state index in [4.69, 9.17) is 33.2 Å². The fourth-order valence-corrected chi connectivity index (χ4v) is 6.58. The van der Waals surface area contributed by atoms with Crippen molar-refractivity contribution in [3.63, 3.8) is 0 Å². The SMILES string of the molecule is CC(=O)N[C@H]1[C@H]([C@H](O)[C@H](O)CO)O[C@@](O[C@H]2[C@H](O)[C@H](O[C@H]3[C@H](O[C@@H]4O[C@H](CO)[C@H](O)[C@H](O)[C@H]4O)[C@@H](CO)OC(O)[C@H]3O)O[C@@H](C)[C@H]2O)(C(=O)O)C[C@@H]1O. The molecule has 0 aromatic rings. The van der Waals surface area contributed by atoms with Gasteiger partial charge in [-0.15, -0.1) is 0 Å². The van der Waals surface area contributed by atoms with Crippen molar-refractivity contribution in [3.05, 3.63) is 0 Å². The predicted molar refractivity (Wildman–Crippen MR) is 161 cm³/mol. The van der Waals surface area contributed by atoms with Crippen LogP contribution in [0, 0.1) is 0 Å². The average Bonchev–Trinajstić information content (AvgIpc) is 3.11. The van der Waals surface area contributed by atoms with Gasteiger partial charge in [-0.2, -0.15) is 0 Å². The van der Waals surface area contributed by atoms with E-state index in [1.54, 1.807) is 0 Å². The van der Waals surface area contributed by atoms with Crippen LogP contribution in [0.25, 0.3) is 0 Å². The van der Waals surface area contributed by atoms with Gasteiger partial charge in [0.15, 0.2) is 18.9 Å². The van der Waals surface area contributed by atoms with Crippen molar-refractivity contribution in [3.8, 4) is 0 Å². The van der Waals surface area contributed by atoms with Gasteiger partial charge in [-0.3, -0.25) is 4.79 Å². The van der Waals surface area contributed by atoms with Crippen LogP contribution in [0.5, 0.6) is 0 Å². The van der Waals surface area contributed by atoms with E-state index < -0.39 is 166 Å². The molecule has 0 radical (unpaired) electrons. The Morgan fingerprint density at radius 1 is 0.774 bits per heavy atom. The summed E-state index contributed by atoms with van der Waals surface area (Å²) in [6.45, 7) is -0.615. The van der Waals surface area contributed by atoms with Gasteiger partial charge in [0.2, 0.25) is 5.91 Å². The van der Waals surface area contributed by atoms with Crippen molar-refractivity contribution in [2.45, 2.75) is 149 Å². The van der Waals surface area contributed by atoms with Gasteiger partial charge in [0.05, 0.1) is 38.1 Å². The molecule has 0 saturated carbocycles. The van der Waals surface area contributed by atoms with Crippen LogP contribution in [0.2, 0.25) is 0 Å². The fourth-order valence-electron chi connectivity index (χ4n) is 6.58. The Labute approximate surface area is 300 Å². The number of carbonyl (C=O) groups is 2. The lowest BCUT2D eigenvalue weighted by Crippen LogP contribution is -2.70. The van der Waals surface area contributed by atoms with Gasteiger partial charge in [-0.25, -0.2) is 4.79 Å². The molecule has 0 aromatic carbocycles. The minimum atomic E-state index is -3.05. The number of carboxylic acid groups (broad SMARTS) is 1. The molecule has 4 heterocycles. The molecule has 15 N–H and O–H groups in total. The highest BCUT2D eigenvalue weighted by Gasteiger charge is 2.60. The number of ether oxygens (including phenoxy) is 7. The number of carbonyl (C=O) groups excluding carboxylic acids is 1. The third kappa shape index (κ3) is 9.08. The van der Waals surface area contributed by atoms with Crippen LogP contribution < -0.4 is 5.32 Å². The Bertz CT molecular complexity index is 1220. The molecule has 1 unspecified atom stereocenters. The first-order valence-electron chi connectivity index (χ1n) is 16.6. The summed E-state index contributed by atoms with van der Waals surface area (Å²) in [5.74, 6) is -5.79. The smallest absolute Gasteiger partial charge is 0.364 e. The van der Waals surface area contributed by atoms with E-state index in [1.165, 1.54) is 6.92 Å². The normalized spacial score (nSPS) is 47.8. The molecule has 0 aliphatic carbocycles. The maximum atomic E-state index is 12.8. The van der Waals surface area contributed by atoms with Crippen molar-refractivity contribution in [1.29, 1.82) is 0 Å². The molecule has 0 aromatic heterocycles. The monoisotopic (exact) mass is 779 g/mol. The van der Waals surface area contributed by atoms with Gasteiger partial charge in [0.25, 0.3) is 5.79 Å². The second kappa shape index (κ2) is 17.9. The second-order valence-electron chi connectivity index (χ2n) is 13.3. The molecular weight excluding hydrogens is 730 g/mol. The molecule has 4 fully saturated rings. The van der Waals surface area contributed by atoms with E-state index in [-0.39, 0.29) is 0 Å². The van der Waals surface area contributed by atoms with Gasteiger partial charge < -0.3 is 110 Å². The number of carboxylic acids is 1. The number of aliphatic hydroxyl groups is 13. The van der Waals surface area contributed by atoms with Crippen molar-refractivity contribution in [2.24, 2.45) is 0 Å². The summed E-state index contributed by atoms with van der Waals surface area (Å²) >= 11 is 0. The van der Waals surface area contributed by atoms with Gasteiger partial charge in [-0.05, 0) is 6.92 Å². The first kappa shape index (κ1) is 43.9. The minimum Gasteiger partial charge on any atom is -0.477 e. The zero-order valence-electron chi connectivity index (χ0n) is 28.3. The van der Waals surface area contributed by atoms with Crippen molar-refractivity contribution in [1.82, 2.24) is 5.32 Å². The summed E-state index contributed by atoms with van der Waals surface area (Å²) in [6, 6.07) is -1.57. The maximum Gasteiger partial charge on any atom is 0.364 e. The Kier molecular flexibility index (Phi) is 14.9. The average molecular weight is 780 g/mol. The van der Waals surface area contributed by atoms with Crippen LogP contribution in [0.15, 0.2) is 0 Å². The van der Waals surface area contributed by atoms with Gasteiger partial charge in [0.1, 0.15) is 85.5 Å². The van der Waals surface area contributed by atoms with Crippen molar-refractivity contribution in [2.75, 3.05) is 19.8 Å². The summed E-state index contributed by atoms with van der Waals surface area (Å²) in [4.78, 5) is 24.6. The molecule has 0 spiro atoms. The summed E-state index contributed by atoms with van der Waals surface area (Å²) in [7, 11) is 0. The molecule has 4 aliphatic heterocycles. The number of aliphatic carboxylic acids is 1. The van der Waals surface area contributed by atoms with Gasteiger partial charge in [-0.1, -0.05) is 0 Å². The largest absolute Gasteiger partial charge is 0.477 e. The van der Waals surface area contributed by atoms with E-state index in [0.717, 1.165) is 6.92 Å². The Balaban J connectivity index is 1.64. The maximum absolute atomic E-state index is 12.8. The predicted octanol–water partition coefficient (Wildman–Crippen LogP) is -9.37. The second-order valence-corrected chi connectivity index (χ2v) is 13.3. The third-order valence-corrected chi connectivity index (χ3v) is 9.54. The fraction of sp³-hybridized carbons (Fsp3) is 0.931. The summed E-state index contributed by atoms with van der Waals surface area (Å²) in [6.07, 6.45) is -37.2. The lowest BCUT2D eigenvalue weighted by atomic mass is 9.88. The highest BCUT2D eigenvalue weighted by molar-refractivity contribution is 5.76. The number of hydrogen-bond donors (Lipinski definition) is 15. The lowest BCUT2D eigenvalue weighted by molar-refractivity contribution is -0.395. The van der Waals surface area contributed by atoms with Gasteiger partial charge in [0, 0.05) is 13.3 Å². The Morgan fingerprint density at radius 2 is 1.38 bits per heavy atom. The van der Waals surface area contributed by atoms with Gasteiger partial charge >= 0.3 is 5.97 Å².